The largest absolute Gasteiger partial charge is 0.393 e. The molecule has 5 heteroatoms. The highest BCUT2D eigenvalue weighted by atomic mass is 79.9. The van der Waals surface area contributed by atoms with Gasteiger partial charge in [-0.15, -0.1) is 0 Å². The van der Waals surface area contributed by atoms with Crippen molar-refractivity contribution < 1.29 is 9.90 Å². The zero-order valence-electron chi connectivity index (χ0n) is 10.1. The summed E-state index contributed by atoms with van der Waals surface area (Å²) in [5.41, 5.74) is 0.508. The average Bonchev–Trinajstić information content (AvgIpc) is 2.29. The van der Waals surface area contributed by atoms with Crippen LogP contribution in [0.3, 0.4) is 0 Å². The van der Waals surface area contributed by atoms with Crippen molar-refractivity contribution in [2.45, 2.75) is 18.9 Å². The van der Waals surface area contributed by atoms with Crippen LogP contribution >= 0.6 is 27.5 Å². The number of aliphatic hydroxyl groups excluding tert-OH is 1. The van der Waals surface area contributed by atoms with Crippen LogP contribution in [0.4, 0.5) is 0 Å². The Bertz CT molecular complexity index is 460. The average molecular weight is 333 g/mol. The molecule has 18 heavy (non-hydrogen) atoms. The topological polar surface area (TPSA) is 40.5 Å². The first-order chi connectivity index (χ1) is 8.47. The molecular weight excluding hydrogens is 318 g/mol. The number of aliphatic hydroxyl groups is 1. The standard InChI is InChI=1S/C13H15BrClNO2/c1-16(7-8-4-10(17)5-8)13(18)11-6-9(14)2-3-12(11)15/h2-3,6,8,10,17H,4-5,7H2,1H3. The maximum Gasteiger partial charge on any atom is 0.255 e. The third-order valence-electron chi connectivity index (χ3n) is 3.25. The Morgan fingerprint density at radius 2 is 2.22 bits per heavy atom. The van der Waals surface area contributed by atoms with Crippen molar-refractivity contribution in [2.75, 3.05) is 13.6 Å². The molecular formula is C13H15BrClNO2. The van der Waals surface area contributed by atoms with Crippen molar-refractivity contribution in [3.05, 3.63) is 33.3 Å². The number of hydrogen-bond acceptors (Lipinski definition) is 2. The molecule has 2 rings (SSSR count). The summed E-state index contributed by atoms with van der Waals surface area (Å²) >= 11 is 9.37. The van der Waals surface area contributed by atoms with Gasteiger partial charge in [0.2, 0.25) is 0 Å². The molecule has 1 aromatic carbocycles. The molecule has 0 saturated heterocycles. The molecule has 1 aliphatic rings. The summed E-state index contributed by atoms with van der Waals surface area (Å²) in [7, 11) is 1.77. The van der Waals surface area contributed by atoms with Gasteiger partial charge in [-0.1, -0.05) is 27.5 Å². The Morgan fingerprint density at radius 3 is 2.83 bits per heavy atom. The van der Waals surface area contributed by atoms with Gasteiger partial charge in [0, 0.05) is 18.1 Å². The number of nitrogens with zero attached hydrogens (tertiary/aromatic N) is 1. The van der Waals surface area contributed by atoms with Gasteiger partial charge < -0.3 is 10.0 Å². The quantitative estimate of drug-likeness (QED) is 0.924. The summed E-state index contributed by atoms with van der Waals surface area (Å²) in [6.45, 7) is 0.665. The fraction of sp³-hybridized carbons (Fsp3) is 0.462. The van der Waals surface area contributed by atoms with Gasteiger partial charge in [-0.3, -0.25) is 4.79 Å². The van der Waals surface area contributed by atoms with Crippen molar-refractivity contribution in [1.82, 2.24) is 4.90 Å². The molecule has 0 heterocycles. The predicted molar refractivity (Wildman–Crippen MR) is 74.8 cm³/mol. The number of rotatable bonds is 3. The van der Waals surface area contributed by atoms with Gasteiger partial charge in [-0.25, -0.2) is 0 Å². The van der Waals surface area contributed by atoms with Crippen LogP contribution in [0.15, 0.2) is 22.7 Å². The van der Waals surface area contributed by atoms with E-state index in [1.54, 1.807) is 30.1 Å². The Balaban J connectivity index is 2.03. The fourth-order valence-corrected chi connectivity index (χ4v) is 2.75. The Labute approximate surface area is 120 Å². The van der Waals surface area contributed by atoms with Gasteiger partial charge in [0.25, 0.3) is 5.91 Å². The molecule has 0 unspecified atom stereocenters. The van der Waals surface area contributed by atoms with Gasteiger partial charge in [0.1, 0.15) is 0 Å². The lowest BCUT2D eigenvalue weighted by atomic mass is 9.82. The molecule has 1 saturated carbocycles. The second-order valence-corrected chi connectivity index (χ2v) is 6.12. The van der Waals surface area contributed by atoms with Crippen molar-refractivity contribution >= 4 is 33.4 Å². The summed E-state index contributed by atoms with van der Waals surface area (Å²) in [5.74, 6) is 0.322. The van der Waals surface area contributed by atoms with Crippen molar-refractivity contribution in [2.24, 2.45) is 5.92 Å². The summed E-state index contributed by atoms with van der Waals surface area (Å²) in [6, 6.07) is 5.25. The molecule has 1 fully saturated rings. The molecule has 0 aromatic heterocycles. The predicted octanol–water partition coefficient (Wildman–Crippen LogP) is 2.95. The van der Waals surface area contributed by atoms with Crippen molar-refractivity contribution in [1.29, 1.82) is 0 Å². The number of carbonyl (C=O) groups is 1. The van der Waals surface area contributed by atoms with E-state index in [0.29, 0.717) is 23.0 Å². The Morgan fingerprint density at radius 1 is 1.56 bits per heavy atom. The lowest BCUT2D eigenvalue weighted by molar-refractivity contribution is 0.0265. The van der Waals surface area contributed by atoms with Gasteiger partial charge in [0.05, 0.1) is 16.7 Å². The van der Waals surface area contributed by atoms with Crippen molar-refractivity contribution in [3.63, 3.8) is 0 Å². The molecule has 3 nitrogen and oxygen atoms in total. The zero-order chi connectivity index (χ0) is 13.3. The number of amides is 1. The van der Waals surface area contributed by atoms with E-state index < -0.39 is 0 Å². The maximum absolute atomic E-state index is 12.2. The Hall–Kier alpha value is -0.580. The molecule has 0 spiro atoms. The van der Waals surface area contributed by atoms with Crippen LogP contribution in [0.1, 0.15) is 23.2 Å². The minimum Gasteiger partial charge on any atom is -0.393 e. The van der Waals surface area contributed by atoms with E-state index in [4.69, 9.17) is 11.6 Å². The molecule has 0 radical (unpaired) electrons. The van der Waals surface area contributed by atoms with Gasteiger partial charge in [0.15, 0.2) is 0 Å². The van der Waals surface area contributed by atoms with Gasteiger partial charge in [-0.05, 0) is 37.0 Å². The number of benzene rings is 1. The van der Waals surface area contributed by atoms with E-state index in [2.05, 4.69) is 15.9 Å². The van der Waals surface area contributed by atoms with E-state index >= 15 is 0 Å². The van der Waals surface area contributed by atoms with Gasteiger partial charge >= 0.3 is 0 Å². The van der Waals surface area contributed by atoms with Crippen molar-refractivity contribution in [3.8, 4) is 0 Å². The minimum atomic E-state index is -0.187. The lowest BCUT2D eigenvalue weighted by Crippen LogP contribution is -2.39. The van der Waals surface area contributed by atoms with E-state index in [1.165, 1.54) is 0 Å². The first-order valence-electron chi connectivity index (χ1n) is 5.86. The SMILES string of the molecule is CN(CC1CC(O)C1)C(=O)c1cc(Br)ccc1Cl. The van der Waals surface area contributed by atoms with Crippen LogP contribution < -0.4 is 0 Å². The van der Waals surface area contributed by atoms with Crippen LogP contribution in [0, 0.1) is 5.92 Å². The Kier molecular flexibility index (Phi) is 4.30. The molecule has 98 valence electrons. The fourth-order valence-electron chi connectivity index (χ4n) is 2.19. The third-order valence-corrected chi connectivity index (χ3v) is 4.07. The van der Waals surface area contributed by atoms with E-state index in [9.17, 15) is 9.90 Å². The molecule has 1 amide bonds. The summed E-state index contributed by atoms with van der Waals surface area (Å²) in [4.78, 5) is 13.9. The monoisotopic (exact) mass is 331 g/mol. The van der Waals surface area contributed by atoms with Crippen LogP contribution in [-0.2, 0) is 0 Å². The minimum absolute atomic E-state index is 0.0808. The van der Waals surface area contributed by atoms with Crippen LogP contribution in [0.25, 0.3) is 0 Å². The first kappa shape index (κ1) is 13.8. The molecule has 0 aliphatic heterocycles. The second kappa shape index (κ2) is 5.59. The maximum atomic E-state index is 12.2. The molecule has 0 bridgehead atoms. The lowest BCUT2D eigenvalue weighted by Gasteiger charge is -2.34. The summed E-state index contributed by atoms with van der Waals surface area (Å²) in [6.07, 6.45) is 1.38. The number of halogens is 2. The highest BCUT2D eigenvalue weighted by molar-refractivity contribution is 9.10. The highest BCUT2D eigenvalue weighted by Gasteiger charge is 2.29. The number of hydrogen-bond donors (Lipinski definition) is 1. The number of carbonyl (C=O) groups excluding carboxylic acids is 1. The normalized spacial score (nSPS) is 22.4. The molecule has 1 N–H and O–H groups in total. The van der Waals surface area contributed by atoms with E-state index in [1.807, 2.05) is 0 Å². The molecule has 1 aromatic rings. The van der Waals surface area contributed by atoms with E-state index in [0.717, 1.165) is 17.3 Å². The molecule has 1 aliphatic carbocycles. The zero-order valence-corrected chi connectivity index (χ0v) is 12.4. The first-order valence-corrected chi connectivity index (χ1v) is 7.03. The summed E-state index contributed by atoms with van der Waals surface area (Å²) in [5, 5.41) is 9.70. The molecule has 0 atom stereocenters. The van der Waals surface area contributed by atoms with E-state index in [-0.39, 0.29) is 12.0 Å². The summed E-state index contributed by atoms with van der Waals surface area (Å²) < 4.78 is 0.836. The van der Waals surface area contributed by atoms with Gasteiger partial charge in [-0.2, -0.15) is 0 Å². The third kappa shape index (κ3) is 3.05. The van der Waals surface area contributed by atoms with Crippen LogP contribution in [-0.4, -0.2) is 35.6 Å². The van der Waals surface area contributed by atoms with Crippen LogP contribution in [0.2, 0.25) is 5.02 Å². The smallest absolute Gasteiger partial charge is 0.255 e. The van der Waals surface area contributed by atoms with Crippen LogP contribution in [0.5, 0.6) is 0 Å². The second-order valence-electron chi connectivity index (χ2n) is 4.80. The highest BCUT2D eigenvalue weighted by Crippen LogP contribution is 2.28.